The lowest BCUT2D eigenvalue weighted by atomic mass is 9.97. The molecule has 0 aliphatic heterocycles. The van der Waals surface area contributed by atoms with Crippen LogP contribution in [0.4, 0.5) is 0 Å². The molecule has 7 heavy (non-hydrogen) atoms. The maximum absolute atomic E-state index is 8.17. The van der Waals surface area contributed by atoms with E-state index in [0.717, 1.165) is 6.21 Å². The maximum Gasteiger partial charge on any atom is 0.321 e. The first-order valence-corrected chi connectivity index (χ1v) is 1.87. The van der Waals surface area contributed by atoms with Crippen LogP contribution in [-0.4, -0.2) is 18.7 Å². The molecule has 0 aromatic carbocycles. The van der Waals surface area contributed by atoms with Crippen LogP contribution in [0.3, 0.4) is 0 Å². The summed E-state index contributed by atoms with van der Waals surface area (Å²) in [5.41, 5.74) is 5.36. The second kappa shape index (κ2) is 3.43. The van der Waals surface area contributed by atoms with E-state index in [1.807, 2.05) is 0 Å². The fourth-order valence-corrected chi connectivity index (χ4v) is 0.160. The molecular formula is C3H7BN2O. The Labute approximate surface area is 42.6 Å². The molecule has 0 aliphatic carbocycles. The molecule has 4 N–H and O–H groups in total. The second-order valence-corrected chi connectivity index (χ2v) is 1.07. The lowest BCUT2D eigenvalue weighted by Crippen LogP contribution is -2.05. The molecule has 0 saturated heterocycles. The highest BCUT2D eigenvalue weighted by atomic mass is 16.2. The van der Waals surface area contributed by atoms with Crippen molar-refractivity contribution in [2.45, 2.75) is 0 Å². The molecule has 0 radical (unpaired) electrons. The molecule has 0 heterocycles. The van der Waals surface area contributed by atoms with Gasteiger partial charge in [0.25, 0.3) is 0 Å². The summed E-state index contributed by atoms with van der Waals surface area (Å²) in [6, 6.07) is 0. The zero-order chi connectivity index (χ0) is 5.70. The summed E-state index contributed by atoms with van der Waals surface area (Å²) < 4.78 is 0. The SMILES string of the molecule is N=C/C=C(\N)BO. The van der Waals surface area contributed by atoms with Crippen LogP contribution < -0.4 is 5.73 Å². The van der Waals surface area contributed by atoms with Gasteiger partial charge in [0.1, 0.15) is 0 Å². The molecule has 0 spiro atoms. The van der Waals surface area contributed by atoms with E-state index in [0.29, 0.717) is 5.60 Å². The van der Waals surface area contributed by atoms with Gasteiger partial charge in [0.15, 0.2) is 0 Å². The Morgan fingerprint density at radius 1 is 1.86 bits per heavy atom. The van der Waals surface area contributed by atoms with Gasteiger partial charge in [0.2, 0.25) is 0 Å². The van der Waals surface area contributed by atoms with Crippen LogP contribution in [0.2, 0.25) is 0 Å². The quantitative estimate of drug-likeness (QED) is 0.299. The molecule has 0 bridgehead atoms. The van der Waals surface area contributed by atoms with Gasteiger partial charge in [-0.15, -0.1) is 0 Å². The maximum atomic E-state index is 8.17. The first-order chi connectivity index (χ1) is 3.31. The van der Waals surface area contributed by atoms with Gasteiger partial charge < -0.3 is 16.2 Å². The van der Waals surface area contributed by atoms with Crippen molar-refractivity contribution in [1.82, 2.24) is 0 Å². The molecule has 38 valence electrons. The third-order valence-electron chi connectivity index (χ3n) is 0.480. The van der Waals surface area contributed by atoms with Crippen molar-refractivity contribution in [3.8, 4) is 0 Å². The van der Waals surface area contributed by atoms with E-state index < -0.39 is 0 Å². The van der Waals surface area contributed by atoms with Crippen LogP contribution in [0.1, 0.15) is 0 Å². The van der Waals surface area contributed by atoms with Crippen LogP contribution in [0, 0.1) is 5.41 Å². The normalized spacial score (nSPS) is 10.7. The number of allylic oxidation sites excluding steroid dienone is 1. The fraction of sp³-hybridized carbons (Fsp3) is 0. The molecule has 0 fully saturated rings. The summed E-state index contributed by atoms with van der Waals surface area (Å²) >= 11 is 0. The number of rotatable bonds is 2. The Morgan fingerprint density at radius 3 is 2.57 bits per heavy atom. The predicted octanol–water partition coefficient (Wildman–Crippen LogP) is -1.22. The molecule has 3 nitrogen and oxygen atoms in total. The molecule has 0 aromatic rings. The molecule has 4 heteroatoms. The average molecular weight is 97.9 g/mol. The predicted molar refractivity (Wildman–Crippen MR) is 30.4 cm³/mol. The Bertz CT molecular complexity index is 90.9. The van der Waals surface area contributed by atoms with Gasteiger partial charge in [0.05, 0.1) is 0 Å². The lowest BCUT2D eigenvalue weighted by molar-refractivity contribution is 0.610. The van der Waals surface area contributed by atoms with Crippen molar-refractivity contribution in [2.75, 3.05) is 0 Å². The minimum absolute atomic E-state index is 0.171. The Balaban J connectivity index is 3.49. The smallest absolute Gasteiger partial charge is 0.321 e. The zero-order valence-corrected chi connectivity index (χ0v) is 3.89. The van der Waals surface area contributed by atoms with Crippen LogP contribution in [0.25, 0.3) is 0 Å². The highest BCUT2D eigenvalue weighted by Crippen LogP contribution is 1.70. The summed E-state index contributed by atoms with van der Waals surface area (Å²) in [5.74, 6) is 0. The number of nitrogens with two attached hydrogens (primary N) is 1. The van der Waals surface area contributed by atoms with Gasteiger partial charge in [-0.2, -0.15) is 0 Å². The van der Waals surface area contributed by atoms with Crippen LogP contribution in [0.5, 0.6) is 0 Å². The summed E-state index contributed by atoms with van der Waals surface area (Å²) in [5, 5.41) is 14.6. The molecule has 0 amide bonds. The number of hydrogen-bond donors (Lipinski definition) is 3. The number of nitrogens with one attached hydrogen (secondary N) is 1. The molecule has 0 unspecified atom stereocenters. The summed E-state index contributed by atoms with van der Waals surface area (Å²) in [7, 11) is -0.171. The first-order valence-electron chi connectivity index (χ1n) is 1.87. The monoisotopic (exact) mass is 98.1 g/mol. The van der Waals surface area contributed by atoms with Crippen LogP contribution >= 0.6 is 0 Å². The lowest BCUT2D eigenvalue weighted by Gasteiger charge is -1.83. The van der Waals surface area contributed by atoms with Gasteiger partial charge in [-0.05, 0) is 6.08 Å². The van der Waals surface area contributed by atoms with E-state index >= 15 is 0 Å². The standard InChI is InChI=1S/C3H7BN2O/c5-2-1-3(6)4-7/h1-2,4-5,7H,6H2/b3-1-,5-2?. The van der Waals surface area contributed by atoms with Crippen molar-refractivity contribution >= 4 is 13.7 Å². The highest BCUT2D eigenvalue weighted by Gasteiger charge is 1.82. The zero-order valence-electron chi connectivity index (χ0n) is 3.89. The van der Waals surface area contributed by atoms with Crippen molar-refractivity contribution in [1.29, 1.82) is 5.41 Å². The molecule has 0 aromatic heterocycles. The van der Waals surface area contributed by atoms with Gasteiger partial charge in [-0.25, -0.2) is 0 Å². The van der Waals surface area contributed by atoms with E-state index in [2.05, 4.69) is 0 Å². The minimum atomic E-state index is -0.171. The Morgan fingerprint density at radius 2 is 2.43 bits per heavy atom. The molecule has 0 rings (SSSR count). The van der Waals surface area contributed by atoms with E-state index in [1.165, 1.54) is 6.08 Å². The highest BCUT2D eigenvalue weighted by molar-refractivity contribution is 6.36. The van der Waals surface area contributed by atoms with E-state index in [1.54, 1.807) is 0 Å². The van der Waals surface area contributed by atoms with Gasteiger partial charge in [0, 0.05) is 11.8 Å². The Hall–Kier alpha value is -0.765. The largest absolute Gasteiger partial charge is 0.448 e. The van der Waals surface area contributed by atoms with Crippen LogP contribution in [0.15, 0.2) is 11.7 Å². The fourth-order valence-electron chi connectivity index (χ4n) is 0.160. The van der Waals surface area contributed by atoms with Crippen molar-refractivity contribution in [2.24, 2.45) is 5.73 Å². The van der Waals surface area contributed by atoms with Gasteiger partial charge in [-0.1, -0.05) is 0 Å². The third kappa shape index (κ3) is 3.05. The van der Waals surface area contributed by atoms with E-state index in [4.69, 9.17) is 16.2 Å². The van der Waals surface area contributed by atoms with Gasteiger partial charge in [-0.3, -0.25) is 0 Å². The van der Waals surface area contributed by atoms with Crippen molar-refractivity contribution < 1.29 is 5.02 Å². The summed E-state index contributed by atoms with van der Waals surface area (Å²) in [4.78, 5) is 0. The summed E-state index contributed by atoms with van der Waals surface area (Å²) in [6.45, 7) is 0. The van der Waals surface area contributed by atoms with Crippen LogP contribution in [-0.2, 0) is 0 Å². The second-order valence-electron chi connectivity index (χ2n) is 1.07. The average Bonchev–Trinajstić information content (AvgIpc) is 1.68. The first kappa shape index (κ1) is 6.23. The van der Waals surface area contributed by atoms with Crippen molar-refractivity contribution in [3.63, 3.8) is 0 Å². The topological polar surface area (TPSA) is 70.1 Å². The molecular weight excluding hydrogens is 90.9 g/mol. The Kier molecular flexibility index (Phi) is 3.05. The van der Waals surface area contributed by atoms with Gasteiger partial charge >= 0.3 is 7.48 Å². The third-order valence-corrected chi connectivity index (χ3v) is 0.480. The minimum Gasteiger partial charge on any atom is -0.448 e. The number of hydrogen-bond acceptors (Lipinski definition) is 3. The molecule has 0 aliphatic rings. The van der Waals surface area contributed by atoms with E-state index in [9.17, 15) is 0 Å². The molecule has 0 saturated carbocycles. The molecule has 0 atom stereocenters. The van der Waals surface area contributed by atoms with Crippen molar-refractivity contribution in [3.05, 3.63) is 11.7 Å². The van der Waals surface area contributed by atoms with E-state index in [-0.39, 0.29) is 7.48 Å². The summed E-state index contributed by atoms with van der Waals surface area (Å²) in [6.07, 6.45) is 2.37.